The van der Waals surface area contributed by atoms with Gasteiger partial charge in [0.15, 0.2) is 0 Å². The monoisotopic (exact) mass is 181 g/mol. The van der Waals surface area contributed by atoms with Gasteiger partial charge in [-0.25, -0.2) is 0 Å². The molecule has 0 saturated heterocycles. The van der Waals surface area contributed by atoms with Gasteiger partial charge in [0.05, 0.1) is 7.11 Å². The van der Waals surface area contributed by atoms with Crippen molar-refractivity contribution in [2.45, 2.75) is 20.8 Å². The predicted molar refractivity (Wildman–Crippen MR) is 58.5 cm³/mol. The number of rotatable bonds is 3. The molecule has 1 rings (SSSR count). The molecule has 74 valence electrons. The maximum Gasteiger partial charge on any atom is 0.120 e. The summed E-state index contributed by atoms with van der Waals surface area (Å²) in [6.45, 7) is 7.01. The van der Waals surface area contributed by atoms with Crippen molar-refractivity contribution in [1.29, 1.82) is 0 Å². The van der Waals surface area contributed by atoms with Crippen LogP contribution >= 0.6 is 0 Å². The Morgan fingerprint density at radius 3 is 2.54 bits per heavy atom. The van der Waals surface area contributed by atoms with Crippen LogP contribution in [0.15, 0.2) is 24.3 Å². The molecule has 0 aromatic heterocycles. The van der Waals surface area contributed by atoms with Crippen LogP contribution in [-0.4, -0.2) is 13.7 Å². The lowest BCUT2D eigenvalue weighted by atomic mass is 10.3. The molecule has 13 heavy (non-hydrogen) atoms. The predicted octanol–water partition coefficient (Wildman–Crippen LogP) is 3.15. The average molecular weight is 181 g/mol. The Morgan fingerprint density at radius 1 is 1.31 bits per heavy atom. The van der Waals surface area contributed by atoms with Gasteiger partial charge in [0.2, 0.25) is 0 Å². The SMILES string of the molecule is CC.CCNc1cccc(OC)c1. The van der Waals surface area contributed by atoms with E-state index in [-0.39, 0.29) is 0 Å². The van der Waals surface area contributed by atoms with E-state index in [1.807, 2.05) is 38.1 Å². The highest BCUT2D eigenvalue weighted by Crippen LogP contribution is 2.15. The number of nitrogens with one attached hydrogen (secondary N) is 1. The Balaban J connectivity index is 0.000000671. The number of anilines is 1. The smallest absolute Gasteiger partial charge is 0.120 e. The molecule has 0 aliphatic rings. The van der Waals surface area contributed by atoms with Crippen molar-refractivity contribution < 1.29 is 4.74 Å². The number of hydrogen-bond donors (Lipinski definition) is 1. The van der Waals surface area contributed by atoms with Crippen LogP contribution in [0, 0.1) is 0 Å². The van der Waals surface area contributed by atoms with Crippen LogP contribution < -0.4 is 10.1 Å². The molecule has 2 nitrogen and oxygen atoms in total. The fourth-order valence-corrected chi connectivity index (χ4v) is 0.937. The molecule has 0 bridgehead atoms. The summed E-state index contributed by atoms with van der Waals surface area (Å²) in [5, 5.41) is 3.20. The molecular formula is C11H19NO. The van der Waals surface area contributed by atoms with E-state index >= 15 is 0 Å². The average Bonchev–Trinajstić information content (AvgIpc) is 2.22. The molecule has 1 aromatic carbocycles. The van der Waals surface area contributed by atoms with Gasteiger partial charge in [0, 0.05) is 18.3 Å². The van der Waals surface area contributed by atoms with Crippen molar-refractivity contribution in [3.8, 4) is 5.75 Å². The highest BCUT2D eigenvalue weighted by molar-refractivity contribution is 5.47. The van der Waals surface area contributed by atoms with Crippen molar-refractivity contribution in [2.24, 2.45) is 0 Å². The summed E-state index contributed by atoms with van der Waals surface area (Å²) in [5.74, 6) is 0.892. The first-order chi connectivity index (χ1) is 6.36. The summed E-state index contributed by atoms with van der Waals surface area (Å²) in [6, 6.07) is 7.90. The molecule has 1 aromatic rings. The summed E-state index contributed by atoms with van der Waals surface area (Å²) >= 11 is 0. The van der Waals surface area contributed by atoms with E-state index in [1.165, 1.54) is 0 Å². The first-order valence-corrected chi connectivity index (χ1v) is 4.74. The Bertz CT molecular complexity index is 223. The van der Waals surface area contributed by atoms with Crippen molar-refractivity contribution in [3.63, 3.8) is 0 Å². The first kappa shape index (κ1) is 11.8. The Kier molecular flexibility index (Phi) is 6.79. The zero-order valence-corrected chi connectivity index (χ0v) is 8.92. The summed E-state index contributed by atoms with van der Waals surface area (Å²) in [6.07, 6.45) is 0. The maximum atomic E-state index is 5.06. The Morgan fingerprint density at radius 2 is 2.00 bits per heavy atom. The van der Waals surface area contributed by atoms with E-state index in [9.17, 15) is 0 Å². The van der Waals surface area contributed by atoms with Gasteiger partial charge >= 0.3 is 0 Å². The van der Waals surface area contributed by atoms with Crippen molar-refractivity contribution in [2.75, 3.05) is 19.0 Å². The van der Waals surface area contributed by atoms with Crippen LogP contribution in [0.2, 0.25) is 0 Å². The third-order valence-electron chi connectivity index (χ3n) is 1.45. The van der Waals surface area contributed by atoms with Gasteiger partial charge in [-0.1, -0.05) is 19.9 Å². The molecule has 0 fully saturated rings. The minimum atomic E-state index is 0.892. The lowest BCUT2D eigenvalue weighted by molar-refractivity contribution is 0.415. The molecular weight excluding hydrogens is 162 g/mol. The summed E-state index contributed by atoms with van der Waals surface area (Å²) in [7, 11) is 1.67. The second kappa shape index (κ2) is 7.47. The van der Waals surface area contributed by atoms with E-state index in [4.69, 9.17) is 4.74 Å². The van der Waals surface area contributed by atoms with Crippen LogP contribution in [-0.2, 0) is 0 Å². The topological polar surface area (TPSA) is 21.3 Å². The molecule has 0 spiro atoms. The molecule has 0 heterocycles. The fraction of sp³-hybridized carbons (Fsp3) is 0.455. The fourth-order valence-electron chi connectivity index (χ4n) is 0.937. The lowest BCUT2D eigenvalue weighted by Gasteiger charge is -2.04. The van der Waals surface area contributed by atoms with Crippen LogP contribution in [0.1, 0.15) is 20.8 Å². The van der Waals surface area contributed by atoms with Gasteiger partial charge in [-0.3, -0.25) is 0 Å². The summed E-state index contributed by atoms with van der Waals surface area (Å²) in [5.41, 5.74) is 1.10. The van der Waals surface area contributed by atoms with Crippen LogP contribution in [0.3, 0.4) is 0 Å². The molecule has 0 aliphatic carbocycles. The molecule has 0 aliphatic heterocycles. The van der Waals surface area contributed by atoms with Gasteiger partial charge < -0.3 is 10.1 Å². The van der Waals surface area contributed by atoms with E-state index in [1.54, 1.807) is 7.11 Å². The number of methoxy groups -OCH3 is 1. The standard InChI is InChI=1S/C9H13NO.C2H6/c1-3-10-8-5-4-6-9(7-8)11-2;1-2/h4-7,10H,3H2,1-2H3;1-2H3. The van der Waals surface area contributed by atoms with Crippen molar-refractivity contribution in [1.82, 2.24) is 0 Å². The van der Waals surface area contributed by atoms with E-state index < -0.39 is 0 Å². The molecule has 2 heteroatoms. The summed E-state index contributed by atoms with van der Waals surface area (Å²) < 4.78 is 5.06. The largest absolute Gasteiger partial charge is 0.497 e. The van der Waals surface area contributed by atoms with Gasteiger partial charge in [-0.15, -0.1) is 0 Å². The van der Waals surface area contributed by atoms with Crippen LogP contribution in [0.25, 0.3) is 0 Å². The van der Waals surface area contributed by atoms with Gasteiger partial charge in [-0.2, -0.15) is 0 Å². The number of ether oxygens (including phenoxy) is 1. The maximum absolute atomic E-state index is 5.06. The third-order valence-corrected chi connectivity index (χ3v) is 1.45. The van der Waals surface area contributed by atoms with Crippen LogP contribution in [0.5, 0.6) is 5.75 Å². The quantitative estimate of drug-likeness (QED) is 0.773. The molecule has 0 unspecified atom stereocenters. The van der Waals surface area contributed by atoms with E-state index in [2.05, 4.69) is 12.2 Å². The summed E-state index contributed by atoms with van der Waals surface area (Å²) in [4.78, 5) is 0. The minimum Gasteiger partial charge on any atom is -0.497 e. The highest BCUT2D eigenvalue weighted by atomic mass is 16.5. The first-order valence-electron chi connectivity index (χ1n) is 4.74. The van der Waals surface area contributed by atoms with Crippen LogP contribution in [0.4, 0.5) is 5.69 Å². The number of benzene rings is 1. The molecule has 0 radical (unpaired) electrons. The normalized spacial score (nSPS) is 8.31. The molecule has 0 amide bonds. The highest BCUT2D eigenvalue weighted by Gasteiger charge is 1.91. The zero-order valence-electron chi connectivity index (χ0n) is 8.92. The third kappa shape index (κ3) is 4.41. The molecule has 0 atom stereocenters. The van der Waals surface area contributed by atoms with E-state index in [0.717, 1.165) is 18.0 Å². The van der Waals surface area contributed by atoms with Gasteiger partial charge in [0.25, 0.3) is 0 Å². The lowest BCUT2D eigenvalue weighted by Crippen LogP contribution is -1.96. The zero-order chi connectivity index (χ0) is 10.1. The van der Waals surface area contributed by atoms with Crippen molar-refractivity contribution in [3.05, 3.63) is 24.3 Å². The number of hydrogen-bond acceptors (Lipinski definition) is 2. The second-order valence-corrected chi connectivity index (χ2v) is 2.26. The molecule has 1 N–H and O–H groups in total. The minimum absolute atomic E-state index is 0.892. The van der Waals surface area contributed by atoms with Gasteiger partial charge in [0.1, 0.15) is 5.75 Å². The van der Waals surface area contributed by atoms with Gasteiger partial charge in [-0.05, 0) is 19.1 Å². The van der Waals surface area contributed by atoms with E-state index in [0.29, 0.717) is 0 Å². The Labute approximate surface area is 80.9 Å². The molecule has 0 saturated carbocycles. The Hall–Kier alpha value is -1.18. The second-order valence-electron chi connectivity index (χ2n) is 2.26. The van der Waals surface area contributed by atoms with Crippen molar-refractivity contribution >= 4 is 5.69 Å².